The summed E-state index contributed by atoms with van der Waals surface area (Å²) in [6.45, 7) is 6.65. The molecule has 11 heteroatoms. The first-order chi connectivity index (χ1) is 22.9. The standard InChI is InChI=1S/C36H44N6O5/c1-4-5-21-47-36-38-34(37-23-29-9-8-10-30(22-29)24-40-19-6-7-20-40)33(42(43)44)35(39-36)41(25-27-11-15-31(45-2)16-12-27)26-28-13-17-32(46-3)18-14-28/h8-18,22H,4-7,19-21,23-26H2,1-3H3,(H,37,38,39). The van der Waals surface area contributed by atoms with E-state index >= 15 is 0 Å². The van der Waals surface area contributed by atoms with Crippen molar-refractivity contribution in [1.82, 2.24) is 14.9 Å². The van der Waals surface area contributed by atoms with Crippen LogP contribution in [0.3, 0.4) is 0 Å². The molecule has 0 saturated carbocycles. The van der Waals surface area contributed by atoms with E-state index in [-0.39, 0.29) is 23.3 Å². The van der Waals surface area contributed by atoms with E-state index in [2.05, 4.69) is 39.2 Å². The van der Waals surface area contributed by atoms with E-state index in [1.165, 1.54) is 18.4 Å². The van der Waals surface area contributed by atoms with Crippen LogP contribution < -0.4 is 24.4 Å². The molecule has 1 aliphatic heterocycles. The van der Waals surface area contributed by atoms with Crippen LogP contribution in [-0.4, -0.2) is 53.7 Å². The van der Waals surface area contributed by atoms with E-state index in [4.69, 9.17) is 14.2 Å². The van der Waals surface area contributed by atoms with E-state index < -0.39 is 4.92 Å². The van der Waals surface area contributed by atoms with E-state index in [9.17, 15) is 10.1 Å². The van der Waals surface area contributed by atoms with E-state index in [0.717, 1.165) is 60.7 Å². The number of likely N-dealkylation sites (tertiary alicyclic amines) is 1. The van der Waals surface area contributed by atoms with Crippen molar-refractivity contribution < 1.29 is 19.1 Å². The Labute approximate surface area is 276 Å². The van der Waals surface area contributed by atoms with Crippen LogP contribution in [0.15, 0.2) is 72.8 Å². The Hall–Kier alpha value is -4.90. The Bertz CT molecular complexity index is 1540. The van der Waals surface area contributed by atoms with Crippen LogP contribution in [0.4, 0.5) is 17.3 Å². The van der Waals surface area contributed by atoms with E-state index in [1.54, 1.807) is 14.2 Å². The van der Waals surface area contributed by atoms with Crippen LogP contribution in [0.5, 0.6) is 17.5 Å². The summed E-state index contributed by atoms with van der Waals surface area (Å²) in [6, 6.07) is 23.7. The van der Waals surface area contributed by atoms with Gasteiger partial charge in [-0.2, -0.15) is 9.97 Å². The Kier molecular flexibility index (Phi) is 11.8. The van der Waals surface area contributed by atoms with Gasteiger partial charge in [0, 0.05) is 26.2 Å². The van der Waals surface area contributed by atoms with Gasteiger partial charge in [-0.3, -0.25) is 15.0 Å². The van der Waals surface area contributed by atoms with Gasteiger partial charge in [0.25, 0.3) is 0 Å². The molecule has 1 aliphatic rings. The van der Waals surface area contributed by atoms with Gasteiger partial charge >= 0.3 is 11.7 Å². The van der Waals surface area contributed by atoms with Gasteiger partial charge in [-0.1, -0.05) is 61.9 Å². The van der Waals surface area contributed by atoms with Gasteiger partial charge in [-0.25, -0.2) is 0 Å². The van der Waals surface area contributed by atoms with Crippen molar-refractivity contribution in [2.45, 2.75) is 58.8 Å². The highest BCUT2D eigenvalue weighted by atomic mass is 16.6. The molecule has 0 spiro atoms. The highest BCUT2D eigenvalue weighted by Gasteiger charge is 2.30. The van der Waals surface area contributed by atoms with Crippen LogP contribution in [-0.2, 0) is 26.2 Å². The number of methoxy groups -OCH3 is 2. The molecule has 1 saturated heterocycles. The Balaban J connectivity index is 1.50. The second-order valence-corrected chi connectivity index (χ2v) is 11.7. The first-order valence-corrected chi connectivity index (χ1v) is 16.2. The Morgan fingerprint density at radius 1 is 0.872 bits per heavy atom. The number of hydrogen-bond donors (Lipinski definition) is 1. The summed E-state index contributed by atoms with van der Waals surface area (Å²) in [5, 5.41) is 16.1. The topological polar surface area (TPSA) is 115 Å². The van der Waals surface area contributed by atoms with Gasteiger partial charge < -0.3 is 24.4 Å². The number of nitro groups is 1. The predicted octanol–water partition coefficient (Wildman–Crippen LogP) is 7.00. The monoisotopic (exact) mass is 640 g/mol. The number of unbranched alkanes of at least 4 members (excludes halogenated alkanes) is 1. The number of rotatable bonds is 17. The summed E-state index contributed by atoms with van der Waals surface area (Å²) in [4.78, 5) is 26.0. The second-order valence-electron chi connectivity index (χ2n) is 11.7. The molecule has 0 radical (unpaired) electrons. The SMILES string of the molecule is CCCCOc1nc(NCc2cccc(CN3CCCC3)c2)c([N+](=O)[O-])c(N(Cc2ccc(OC)cc2)Cc2ccc(OC)cc2)n1. The minimum Gasteiger partial charge on any atom is -0.497 e. The summed E-state index contributed by atoms with van der Waals surface area (Å²) in [7, 11) is 3.24. The normalized spacial score (nSPS) is 12.9. The molecule has 0 bridgehead atoms. The largest absolute Gasteiger partial charge is 0.497 e. The third-order valence-corrected chi connectivity index (χ3v) is 8.18. The number of nitrogens with one attached hydrogen (secondary N) is 1. The fourth-order valence-electron chi connectivity index (χ4n) is 5.64. The third kappa shape index (κ3) is 9.32. The highest BCUT2D eigenvalue weighted by Crippen LogP contribution is 2.37. The van der Waals surface area contributed by atoms with E-state index in [1.807, 2.05) is 65.6 Å². The van der Waals surface area contributed by atoms with Gasteiger partial charge in [0.05, 0.1) is 25.7 Å². The summed E-state index contributed by atoms with van der Waals surface area (Å²) >= 11 is 0. The third-order valence-electron chi connectivity index (χ3n) is 8.18. The molecule has 2 heterocycles. The zero-order chi connectivity index (χ0) is 33.0. The predicted molar refractivity (Wildman–Crippen MR) is 183 cm³/mol. The highest BCUT2D eigenvalue weighted by molar-refractivity contribution is 5.71. The molecule has 1 fully saturated rings. The lowest BCUT2D eigenvalue weighted by atomic mass is 10.1. The zero-order valence-corrected chi connectivity index (χ0v) is 27.5. The number of benzene rings is 3. The van der Waals surface area contributed by atoms with Crippen molar-refractivity contribution in [1.29, 1.82) is 0 Å². The maximum absolute atomic E-state index is 12.8. The number of hydrogen-bond acceptors (Lipinski definition) is 10. The van der Waals surface area contributed by atoms with Crippen molar-refractivity contribution in [2.75, 3.05) is 44.1 Å². The zero-order valence-electron chi connectivity index (χ0n) is 27.5. The molecule has 0 aliphatic carbocycles. The van der Waals surface area contributed by atoms with Crippen molar-refractivity contribution in [3.8, 4) is 17.5 Å². The van der Waals surface area contributed by atoms with Crippen molar-refractivity contribution in [2.24, 2.45) is 0 Å². The summed E-state index contributed by atoms with van der Waals surface area (Å²) in [5.41, 5.74) is 3.90. The minimum absolute atomic E-state index is 0.0961. The molecular weight excluding hydrogens is 596 g/mol. The lowest BCUT2D eigenvalue weighted by Crippen LogP contribution is -2.25. The fraction of sp³-hybridized carbons (Fsp3) is 0.389. The van der Waals surface area contributed by atoms with Crippen molar-refractivity contribution >= 4 is 17.3 Å². The Morgan fingerprint density at radius 2 is 1.49 bits per heavy atom. The summed E-state index contributed by atoms with van der Waals surface area (Å²) in [5.74, 6) is 1.75. The van der Waals surface area contributed by atoms with Gasteiger partial charge in [-0.05, 0) is 78.9 Å². The molecule has 0 unspecified atom stereocenters. The number of aromatic nitrogens is 2. The van der Waals surface area contributed by atoms with Gasteiger partial charge in [-0.15, -0.1) is 0 Å². The first kappa shape index (κ1) is 33.5. The molecular formula is C36H44N6O5. The average molecular weight is 641 g/mol. The lowest BCUT2D eigenvalue weighted by Gasteiger charge is -2.25. The maximum Gasteiger partial charge on any atom is 0.353 e. The second kappa shape index (κ2) is 16.6. The molecule has 1 aromatic heterocycles. The summed E-state index contributed by atoms with van der Waals surface area (Å²) in [6.07, 6.45) is 4.21. The molecule has 0 atom stereocenters. The van der Waals surface area contributed by atoms with Gasteiger partial charge in [0.15, 0.2) is 0 Å². The van der Waals surface area contributed by atoms with Crippen LogP contribution in [0.2, 0.25) is 0 Å². The molecule has 11 nitrogen and oxygen atoms in total. The number of ether oxygens (including phenoxy) is 3. The molecule has 248 valence electrons. The molecule has 3 aromatic carbocycles. The molecule has 4 aromatic rings. The van der Waals surface area contributed by atoms with Crippen LogP contribution >= 0.6 is 0 Å². The van der Waals surface area contributed by atoms with Gasteiger partial charge in [0.1, 0.15) is 11.5 Å². The minimum atomic E-state index is -0.410. The lowest BCUT2D eigenvalue weighted by molar-refractivity contribution is -0.383. The number of nitrogens with zero attached hydrogens (tertiary/aromatic N) is 5. The maximum atomic E-state index is 12.8. The molecule has 5 rings (SSSR count). The average Bonchev–Trinajstić information content (AvgIpc) is 3.60. The van der Waals surface area contributed by atoms with Gasteiger partial charge in [0.2, 0.25) is 11.6 Å². The van der Waals surface area contributed by atoms with Crippen molar-refractivity contribution in [3.05, 3.63) is 105 Å². The van der Waals surface area contributed by atoms with Crippen LogP contribution in [0.1, 0.15) is 54.9 Å². The Morgan fingerprint density at radius 3 is 2.06 bits per heavy atom. The number of anilines is 2. The van der Waals surface area contributed by atoms with Crippen LogP contribution in [0, 0.1) is 10.1 Å². The van der Waals surface area contributed by atoms with E-state index in [0.29, 0.717) is 26.2 Å². The smallest absolute Gasteiger partial charge is 0.353 e. The molecule has 1 N–H and O–H groups in total. The van der Waals surface area contributed by atoms with Crippen molar-refractivity contribution in [3.63, 3.8) is 0 Å². The van der Waals surface area contributed by atoms with Crippen LogP contribution in [0.25, 0.3) is 0 Å². The summed E-state index contributed by atoms with van der Waals surface area (Å²) < 4.78 is 16.7. The first-order valence-electron chi connectivity index (χ1n) is 16.2. The quantitative estimate of drug-likeness (QED) is 0.0735. The fourth-order valence-corrected chi connectivity index (χ4v) is 5.64. The molecule has 0 amide bonds. The molecule has 47 heavy (non-hydrogen) atoms.